The minimum Gasteiger partial charge on any atom is -0.294 e. The van der Waals surface area contributed by atoms with Gasteiger partial charge in [-0.3, -0.25) is 4.79 Å². The predicted molar refractivity (Wildman–Crippen MR) is 87.2 cm³/mol. The lowest BCUT2D eigenvalue weighted by atomic mass is 9.90. The first-order chi connectivity index (χ1) is 9.19. The molecular weight excluding hydrogens is 320 g/mol. The number of benzene rings is 1. The summed E-state index contributed by atoms with van der Waals surface area (Å²) in [5.74, 6) is 0.497. The first-order valence-electron chi connectivity index (χ1n) is 6.89. The standard InChI is InChI=1S/C16H19BrOS/c1-3-5-7-11(4-2)15(18)13-10-19-16-12(13)8-6-9-14(16)17/h6,8-11H,3-5,7H2,1-2H3. The average Bonchev–Trinajstić information content (AvgIpc) is 2.84. The Bertz CT molecular complexity index is 573. The first-order valence-corrected chi connectivity index (χ1v) is 8.56. The third-order valence-corrected chi connectivity index (χ3v) is 5.54. The molecule has 0 saturated carbocycles. The Labute approximate surface area is 127 Å². The fourth-order valence-electron chi connectivity index (χ4n) is 2.40. The van der Waals surface area contributed by atoms with Crippen LogP contribution in [0, 0.1) is 5.92 Å². The van der Waals surface area contributed by atoms with Gasteiger partial charge in [0, 0.05) is 31.4 Å². The third kappa shape index (κ3) is 3.09. The number of fused-ring (bicyclic) bond motifs is 1. The van der Waals surface area contributed by atoms with Crippen LogP contribution >= 0.6 is 27.3 Å². The summed E-state index contributed by atoms with van der Waals surface area (Å²) in [4.78, 5) is 12.7. The van der Waals surface area contributed by atoms with E-state index in [1.807, 2.05) is 17.5 Å². The maximum atomic E-state index is 12.7. The molecule has 0 radical (unpaired) electrons. The van der Waals surface area contributed by atoms with E-state index >= 15 is 0 Å². The number of hydrogen-bond acceptors (Lipinski definition) is 2. The fourth-order valence-corrected chi connectivity index (χ4v) is 4.01. The molecule has 1 unspecified atom stereocenters. The zero-order valence-electron chi connectivity index (χ0n) is 11.4. The predicted octanol–water partition coefficient (Wildman–Crippen LogP) is 6.06. The highest BCUT2D eigenvalue weighted by atomic mass is 79.9. The Morgan fingerprint density at radius 1 is 1.37 bits per heavy atom. The van der Waals surface area contributed by atoms with Gasteiger partial charge in [0.15, 0.2) is 5.78 Å². The molecule has 2 rings (SSSR count). The van der Waals surface area contributed by atoms with E-state index in [0.717, 1.165) is 41.1 Å². The number of halogens is 1. The molecule has 3 heteroatoms. The minimum atomic E-state index is 0.178. The molecule has 1 atom stereocenters. The number of ketones is 1. The summed E-state index contributed by atoms with van der Waals surface area (Å²) in [5, 5.41) is 3.12. The van der Waals surface area contributed by atoms with Gasteiger partial charge in [-0.15, -0.1) is 11.3 Å². The molecule has 1 aromatic heterocycles. The van der Waals surface area contributed by atoms with Gasteiger partial charge >= 0.3 is 0 Å². The summed E-state index contributed by atoms with van der Waals surface area (Å²) in [6.45, 7) is 4.29. The van der Waals surface area contributed by atoms with Gasteiger partial charge in [-0.25, -0.2) is 0 Å². The van der Waals surface area contributed by atoms with Crippen LogP contribution in [0.4, 0.5) is 0 Å². The summed E-state index contributed by atoms with van der Waals surface area (Å²) in [6.07, 6.45) is 4.23. The van der Waals surface area contributed by atoms with Crippen molar-refractivity contribution in [3.8, 4) is 0 Å². The van der Waals surface area contributed by atoms with E-state index in [1.54, 1.807) is 11.3 Å². The Morgan fingerprint density at radius 3 is 2.84 bits per heavy atom. The van der Waals surface area contributed by atoms with Crippen molar-refractivity contribution >= 4 is 43.1 Å². The summed E-state index contributed by atoms with van der Waals surface area (Å²) in [7, 11) is 0. The van der Waals surface area contributed by atoms with E-state index in [2.05, 4.69) is 35.8 Å². The quantitative estimate of drug-likeness (QED) is 0.584. The van der Waals surface area contributed by atoms with Crippen molar-refractivity contribution < 1.29 is 4.79 Å². The van der Waals surface area contributed by atoms with Crippen molar-refractivity contribution in [2.24, 2.45) is 5.92 Å². The molecule has 0 saturated heterocycles. The largest absolute Gasteiger partial charge is 0.294 e. The number of carbonyl (C=O) groups excluding carboxylic acids is 1. The highest BCUT2D eigenvalue weighted by molar-refractivity contribution is 9.10. The zero-order chi connectivity index (χ0) is 13.8. The minimum absolute atomic E-state index is 0.178. The van der Waals surface area contributed by atoms with Gasteiger partial charge in [-0.1, -0.05) is 38.8 Å². The topological polar surface area (TPSA) is 17.1 Å². The molecule has 1 heterocycles. The average molecular weight is 339 g/mol. The molecule has 1 aromatic carbocycles. The maximum Gasteiger partial charge on any atom is 0.167 e. The van der Waals surface area contributed by atoms with Gasteiger partial charge in [0.05, 0.1) is 0 Å². The van der Waals surface area contributed by atoms with E-state index in [9.17, 15) is 4.79 Å². The van der Waals surface area contributed by atoms with Gasteiger partial charge in [-0.05, 0) is 34.8 Å². The molecule has 0 spiro atoms. The molecule has 0 bridgehead atoms. The number of thiophene rings is 1. The molecule has 1 nitrogen and oxygen atoms in total. The van der Waals surface area contributed by atoms with E-state index < -0.39 is 0 Å². The Kier molecular flexibility index (Phi) is 5.17. The van der Waals surface area contributed by atoms with E-state index in [0.29, 0.717) is 5.78 Å². The molecule has 0 aliphatic heterocycles. The van der Waals surface area contributed by atoms with Crippen molar-refractivity contribution in [1.29, 1.82) is 0 Å². The van der Waals surface area contributed by atoms with Crippen LogP contribution in [0.1, 0.15) is 49.9 Å². The lowest BCUT2D eigenvalue weighted by Gasteiger charge is -2.12. The molecule has 0 aliphatic carbocycles. The highest BCUT2D eigenvalue weighted by Gasteiger charge is 2.21. The monoisotopic (exact) mass is 338 g/mol. The summed E-state index contributed by atoms with van der Waals surface area (Å²) in [5.41, 5.74) is 0.907. The van der Waals surface area contributed by atoms with Crippen molar-refractivity contribution in [3.05, 3.63) is 33.6 Å². The second kappa shape index (κ2) is 6.67. The Morgan fingerprint density at radius 2 is 2.16 bits per heavy atom. The van der Waals surface area contributed by atoms with Gasteiger partial charge < -0.3 is 0 Å². The number of hydrogen-bond donors (Lipinski definition) is 0. The maximum absolute atomic E-state index is 12.7. The molecular formula is C16H19BrOS. The van der Waals surface area contributed by atoms with Crippen LogP contribution in [0.3, 0.4) is 0 Å². The number of rotatable bonds is 6. The lowest BCUT2D eigenvalue weighted by molar-refractivity contribution is 0.0910. The molecule has 19 heavy (non-hydrogen) atoms. The molecule has 0 fully saturated rings. The van der Waals surface area contributed by atoms with Crippen LogP contribution < -0.4 is 0 Å². The SMILES string of the molecule is CCCCC(CC)C(=O)c1csc2c(Br)cccc12. The van der Waals surface area contributed by atoms with Crippen LogP contribution in [0.25, 0.3) is 10.1 Å². The summed E-state index contributed by atoms with van der Waals surface area (Å²) in [6, 6.07) is 6.08. The second-order valence-corrected chi connectivity index (χ2v) is 6.61. The van der Waals surface area contributed by atoms with Crippen LogP contribution in [0.5, 0.6) is 0 Å². The van der Waals surface area contributed by atoms with Crippen molar-refractivity contribution in [1.82, 2.24) is 0 Å². The molecule has 0 aliphatic rings. The highest BCUT2D eigenvalue weighted by Crippen LogP contribution is 2.34. The van der Waals surface area contributed by atoms with Crippen molar-refractivity contribution in [2.45, 2.75) is 39.5 Å². The van der Waals surface area contributed by atoms with Crippen molar-refractivity contribution in [2.75, 3.05) is 0 Å². The van der Waals surface area contributed by atoms with Gasteiger partial charge in [0.2, 0.25) is 0 Å². The molecule has 2 aromatic rings. The van der Waals surface area contributed by atoms with Gasteiger partial charge in [0.25, 0.3) is 0 Å². The number of carbonyl (C=O) groups is 1. The molecule has 0 N–H and O–H groups in total. The lowest BCUT2D eigenvalue weighted by Crippen LogP contribution is -2.13. The first kappa shape index (κ1) is 14.7. The molecule has 102 valence electrons. The summed E-state index contributed by atoms with van der Waals surface area (Å²) < 4.78 is 2.26. The van der Waals surface area contributed by atoms with E-state index in [-0.39, 0.29) is 5.92 Å². The normalized spacial score (nSPS) is 12.8. The van der Waals surface area contributed by atoms with Crippen LogP contribution in [0.2, 0.25) is 0 Å². The van der Waals surface area contributed by atoms with Gasteiger partial charge in [0.1, 0.15) is 0 Å². The van der Waals surface area contributed by atoms with Crippen LogP contribution in [-0.2, 0) is 0 Å². The summed E-state index contributed by atoms with van der Waals surface area (Å²) >= 11 is 5.21. The van der Waals surface area contributed by atoms with Crippen molar-refractivity contribution in [3.63, 3.8) is 0 Å². The van der Waals surface area contributed by atoms with E-state index in [1.165, 1.54) is 4.70 Å². The van der Waals surface area contributed by atoms with Crippen LogP contribution in [0.15, 0.2) is 28.1 Å². The Balaban J connectivity index is 2.33. The van der Waals surface area contributed by atoms with Crippen LogP contribution in [-0.4, -0.2) is 5.78 Å². The smallest absolute Gasteiger partial charge is 0.167 e. The van der Waals surface area contributed by atoms with Gasteiger partial charge in [-0.2, -0.15) is 0 Å². The second-order valence-electron chi connectivity index (χ2n) is 4.88. The number of Topliss-reactive ketones (excluding diaryl/α,β-unsaturated/α-hetero) is 1. The van der Waals surface area contributed by atoms with E-state index in [4.69, 9.17) is 0 Å². The number of unbranched alkanes of at least 4 members (excludes halogenated alkanes) is 1. The molecule has 0 amide bonds. The zero-order valence-corrected chi connectivity index (χ0v) is 13.8. The third-order valence-electron chi connectivity index (χ3n) is 3.59. The fraction of sp³-hybridized carbons (Fsp3) is 0.438. The Hall–Kier alpha value is -0.670.